The van der Waals surface area contributed by atoms with Gasteiger partial charge < -0.3 is 14.1 Å². The van der Waals surface area contributed by atoms with Crippen molar-refractivity contribution in [1.82, 2.24) is 9.80 Å². The van der Waals surface area contributed by atoms with Gasteiger partial charge in [0.2, 0.25) is 5.91 Å². The van der Waals surface area contributed by atoms with Gasteiger partial charge in [0.15, 0.2) is 0 Å². The van der Waals surface area contributed by atoms with E-state index in [2.05, 4.69) is 11.0 Å². The average molecular weight is 342 g/mol. The standard InChI is InChI=1S/C20H26N2O3/c1-2-24-19-8-4-3-6-17(19)16-21-11-13-22(14-12-21)20(23)10-9-18-7-5-15-25-18/h3-8,15H,2,9-14,16H2,1H3. The minimum absolute atomic E-state index is 0.214. The molecule has 2 aromatic rings. The minimum Gasteiger partial charge on any atom is -0.494 e. The van der Waals surface area contributed by atoms with Crippen LogP contribution in [0.15, 0.2) is 47.1 Å². The van der Waals surface area contributed by atoms with E-state index in [9.17, 15) is 4.79 Å². The van der Waals surface area contributed by atoms with Gasteiger partial charge >= 0.3 is 0 Å². The molecule has 1 fully saturated rings. The van der Waals surface area contributed by atoms with E-state index in [0.717, 1.165) is 44.2 Å². The summed E-state index contributed by atoms with van der Waals surface area (Å²) in [6.07, 6.45) is 2.84. The van der Waals surface area contributed by atoms with Crippen LogP contribution in [-0.2, 0) is 17.8 Å². The third kappa shape index (κ3) is 4.86. The first-order valence-corrected chi connectivity index (χ1v) is 8.99. The summed E-state index contributed by atoms with van der Waals surface area (Å²) in [4.78, 5) is 16.7. The number of benzene rings is 1. The molecule has 5 nitrogen and oxygen atoms in total. The molecule has 25 heavy (non-hydrogen) atoms. The van der Waals surface area contributed by atoms with Crippen molar-refractivity contribution < 1.29 is 13.9 Å². The number of aryl methyl sites for hydroxylation is 1. The molecule has 1 aromatic carbocycles. The van der Waals surface area contributed by atoms with Crippen LogP contribution in [0, 0.1) is 0 Å². The Hall–Kier alpha value is -2.27. The van der Waals surface area contributed by atoms with Gasteiger partial charge in [-0.05, 0) is 25.1 Å². The number of furan rings is 1. The van der Waals surface area contributed by atoms with E-state index in [-0.39, 0.29) is 5.91 Å². The number of nitrogens with zero attached hydrogens (tertiary/aromatic N) is 2. The molecule has 2 heterocycles. The lowest BCUT2D eigenvalue weighted by molar-refractivity contribution is -0.133. The van der Waals surface area contributed by atoms with Gasteiger partial charge in [-0.2, -0.15) is 0 Å². The second-order valence-electron chi connectivity index (χ2n) is 6.28. The Morgan fingerprint density at radius 1 is 1.12 bits per heavy atom. The van der Waals surface area contributed by atoms with Gasteiger partial charge in [0.25, 0.3) is 0 Å². The van der Waals surface area contributed by atoms with Crippen LogP contribution < -0.4 is 4.74 Å². The zero-order valence-electron chi connectivity index (χ0n) is 14.8. The van der Waals surface area contributed by atoms with Crippen molar-refractivity contribution in [3.63, 3.8) is 0 Å². The van der Waals surface area contributed by atoms with E-state index in [0.29, 0.717) is 19.4 Å². The Morgan fingerprint density at radius 3 is 2.64 bits per heavy atom. The van der Waals surface area contributed by atoms with E-state index in [1.54, 1.807) is 6.26 Å². The van der Waals surface area contributed by atoms with Crippen LogP contribution in [0.2, 0.25) is 0 Å². The summed E-state index contributed by atoms with van der Waals surface area (Å²) in [5.74, 6) is 2.05. The number of carbonyl (C=O) groups is 1. The maximum Gasteiger partial charge on any atom is 0.223 e. The fourth-order valence-electron chi connectivity index (χ4n) is 3.17. The zero-order valence-corrected chi connectivity index (χ0v) is 14.8. The molecule has 0 spiro atoms. The van der Waals surface area contributed by atoms with Crippen molar-refractivity contribution in [3.8, 4) is 5.75 Å². The molecule has 5 heteroatoms. The highest BCUT2D eigenvalue weighted by Gasteiger charge is 2.21. The Balaban J connectivity index is 1.46. The van der Waals surface area contributed by atoms with Gasteiger partial charge in [-0.25, -0.2) is 0 Å². The van der Waals surface area contributed by atoms with Gasteiger partial charge in [-0.15, -0.1) is 0 Å². The minimum atomic E-state index is 0.214. The van der Waals surface area contributed by atoms with E-state index in [1.165, 1.54) is 5.56 Å². The molecule has 0 radical (unpaired) electrons. The van der Waals surface area contributed by atoms with Crippen molar-refractivity contribution in [1.29, 1.82) is 0 Å². The number of hydrogen-bond acceptors (Lipinski definition) is 4. The Kier molecular flexibility index (Phi) is 6.12. The van der Waals surface area contributed by atoms with Crippen molar-refractivity contribution >= 4 is 5.91 Å². The highest BCUT2D eigenvalue weighted by molar-refractivity contribution is 5.76. The summed E-state index contributed by atoms with van der Waals surface area (Å²) >= 11 is 0. The molecule has 3 rings (SSSR count). The molecule has 0 unspecified atom stereocenters. The topological polar surface area (TPSA) is 45.9 Å². The van der Waals surface area contributed by atoms with Crippen LogP contribution in [0.4, 0.5) is 0 Å². The fraction of sp³-hybridized carbons (Fsp3) is 0.450. The van der Waals surface area contributed by atoms with Gasteiger partial charge in [0.05, 0.1) is 12.9 Å². The van der Waals surface area contributed by atoms with Crippen LogP contribution in [-0.4, -0.2) is 48.5 Å². The molecular weight excluding hydrogens is 316 g/mol. The van der Waals surface area contributed by atoms with E-state index in [4.69, 9.17) is 9.15 Å². The van der Waals surface area contributed by atoms with Gasteiger partial charge in [0, 0.05) is 51.1 Å². The number of piperazine rings is 1. The maximum absolute atomic E-state index is 12.3. The van der Waals surface area contributed by atoms with Crippen LogP contribution in [0.5, 0.6) is 5.75 Å². The first-order valence-electron chi connectivity index (χ1n) is 8.99. The smallest absolute Gasteiger partial charge is 0.223 e. The molecule has 1 aliphatic rings. The quantitative estimate of drug-likeness (QED) is 0.776. The lowest BCUT2D eigenvalue weighted by Crippen LogP contribution is -2.48. The number of para-hydroxylation sites is 1. The predicted molar refractivity (Wildman–Crippen MR) is 96.5 cm³/mol. The van der Waals surface area contributed by atoms with E-state index < -0.39 is 0 Å². The molecule has 0 N–H and O–H groups in total. The van der Waals surface area contributed by atoms with Crippen LogP contribution in [0.3, 0.4) is 0 Å². The Labute approximate surface area is 149 Å². The lowest BCUT2D eigenvalue weighted by atomic mass is 10.1. The molecule has 134 valence electrons. The summed E-state index contributed by atoms with van der Waals surface area (Å²) in [6, 6.07) is 12.0. The summed E-state index contributed by atoms with van der Waals surface area (Å²) in [6.45, 7) is 6.91. The largest absolute Gasteiger partial charge is 0.494 e. The van der Waals surface area contributed by atoms with Crippen LogP contribution >= 0.6 is 0 Å². The van der Waals surface area contributed by atoms with E-state index in [1.807, 2.05) is 42.2 Å². The molecular formula is C20H26N2O3. The summed E-state index contributed by atoms with van der Waals surface area (Å²) < 4.78 is 11.0. The van der Waals surface area contributed by atoms with Crippen LogP contribution in [0.1, 0.15) is 24.7 Å². The van der Waals surface area contributed by atoms with Gasteiger partial charge in [0.1, 0.15) is 11.5 Å². The number of rotatable bonds is 7. The maximum atomic E-state index is 12.3. The summed E-state index contributed by atoms with van der Waals surface area (Å²) in [5.41, 5.74) is 1.21. The highest BCUT2D eigenvalue weighted by atomic mass is 16.5. The average Bonchev–Trinajstić information content (AvgIpc) is 3.16. The third-order valence-electron chi connectivity index (χ3n) is 4.56. The molecule has 0 saturated carbocycles. The zero-order chi connectivity index (χ0) is 17.5. The monoisotopic (exact) mass is 342 g/mol. The number of hydrogen-bond donors (Lipinski definition) is 0. The Morgan fingerprint density at radius 2 is 1.92 bits per heavy atom. The third-order valence-corrected chi connectivity index (χ3v) is 4.56. The van der Waals surface area contributed by atoms with Gasteiger partial charge in [-0.1, -0.05) is 18.2 Å². The Bertz CT molecular complexity index is 661. The first-order chi connectivity index (χ1) is 12.3. The lowest BCUT2D eigenvalue weighted by Gasteiger charge is -2.35. The van der Waals surface area contributed by atoms with Gasteiger partial charge in [-0.3, -0.25) is 9.69 Å². The summed E-state index contributed by atoms with van der Waals surface area (Å²) in [7, 11) is 0. The van der Waals surface area contributed by atoms with Crippen LogP contribution in [0.25, 0.3) is 0 Å². The van der Waals surface area contributed by atoms with Crippen molar-refractivity contribution in [2.24, 2.45) is 0 Å². The number of amides is 1. The van der Waals surface area contributed by atoms with Crippen molar-refractivity contribution in [2.45, 2.75) is 26.3 Å². The predicted octanol–water partition coefficient (Wildman–Crippen LogP) is 2.96. The molecule has 1 aromatic heterocycles. The summed E-state index contributed by atoms with van der Waals surface area (Å²) in [5, 5.41) is 0. The molecule has 1 saturated heterocycles. The van der Waals surface area contributed by atoms with E-state index >= 15 is 0 Å². The molecule has 0 bridgehead atoms. The molecule has 0 aliphatic carbocycles. The second-order valence-corrected chi connectivity index (χ2v) is 6.28. The second kappa shape index (κ2) is 8.72. The van der Waals surface area contributed by atoms with Crippen molar-refractivity contribution in [3.05, 3.63) is 54.0 Å². The number of ether oxygens (including phenoxy) is 1. The first kappa shape index (κ1) is 17.5. The normalized spacial score (nSPS) is 15.3. The SMILES string of the molecule is CCOc1ccccc1CN1CCN(C(=O)CCc2ccco2)CC1. The van der Waals surface area contributed by atoms with Crippen molar-refractivity contribution in [2.75, 3.05) is 32.8 Å². The fourth-order valence-corrected chi connectivity index (χ4v) is 3.17. The molecule has 1 aliphatic heterocycles. The number of carbonyl (C=O) groups excluding carboxylic acids is 1. The molecule has 0 atom stereocenters. The highest BCUT2D eigenvalue weighted by Crippen LogP contribution is 2.20. The molecule has 1 amide bonds.